The molecule has 0 aliphatic carbocycles. The Morgan fingerprint density at radius 2 is 2.03 bits per heavy atom. The fourth-order valence-corrected chi connectivity index (χ4v) is 4.48. The van der Waals surface area contributed by atoms with Gasteiger partial charge in [-0.3, -0.25) is 10.1 Å². The smallest absolute Gasteiger partial charge is 0.321 e. The van der Waals surface area contributed by atoms with E-state index in [2.05, 4.69) is 63.7 Å². The zero-order chi connectivity index (χ0) is 23.3. The van der Waals surface area contributed by atoms with Crippen LogP contribution in [0.5, 0.6) is 0 Å². The number of aromatic amines is 1. The predicted molar refractivity (Wildman–Crippen MR) is 131 cm³/mol. The third kappa shape index (κ3) is 5.50. The standard InChI is InChI=1S/C25H33N7O/c1-4-25(5-2)10-13-32(17-25)24(33)28-20-8-6-18(3)19(14-20)7-9-21-15-22(31-30-21)29-23-16-26-11-12-27-23/h6,8,11-12,14-16H,4-5,7,9-10,13,17H2,1-3H3,(H,28,33)(H2,27,29,30,31). The number of aryl methyl sites for hydroxylation is 3. The first-order valence-electron chi connectivity index (χ1n) is 11.7. The molecule has 0 bridgehead atoms. The number of carbonyl (C=O) groups is 1. The number of aromatic nitrogens is 4. The van der Waals surface area contributed by atoms with Gasteiger partial charge in [-0.2, -0.15) is 5.10 Å². The molecular formula is C25H33N7O. The van der Waals surface area contributed by atoms with Gasteiger partial charge in [-0.25, -0.2) is 9.78 Å². The van der Waals surface area contributed by atoms with Crippen LogP contribution in [0.15, 0.2) is 42.9 Å². The summed E-state index contributed by atoms with van der Waals surface area (Å²) >= 11 is 0. The van der Waals surface area contributed by atoms with Gasteiger partial charge in [0, 0.05) is 37.2 Å². The lowest BCUT2D eigenvalue weighted by Crippen LogP contribution is -2.35. The van der Waals surface area contributed by atoms with E-state index in [-0.39, 0.29) is 11.4 Å². The summed E-state index contributed by atoms with van der Waals surface area (Å²) in [6, 6.07) is 8.12. The molecule has 33 heavy (non-hydrogen) atoms. The topological polar surface area (TPSA) is 98.8 Å². The van der Waals surface area contributed by atoms with Crippen molar-refractivity contribution >= 4 is 23.4 Å². The largest absolute Gasteiger partial charge is 0.324 e. The molecule has 8 heteroatoms. The molecule has 1 saturated heterocycles. The van der Waals surface area contributed by atoms with Crippen molar-refractivity contribution in [2.45, 2.75) is 52.9 Å². The summed E-state index contributed by atoms with van der Waals surface area (Å²) in [6.07, 6.45) is 9.89. The van der Waals surface area contributed by atoms with Crippen LogP contribution in [0.1, 0.15) is 49.9 Å². The lowest BCUT2D eigenvalue weighted by molar-refractivity contribution is 0.209. The van der Waals surface area contributed by atoms with Crippen molar-refractivity contribution in [2.75, 3.05) is 23.7 Å². The van der Waals surface area contributed by atoms with E-state index >= 15 is 0 Å². The van der Waals surface area contributed by atoms with Gasteiger partial charge < -0.3 is 15.5 Å². The molecule has 1 aliphatic heterocycles. The summed E-state index contributed by atoms with van der Waals surface area (Å²) in [5.41, 5.74) is 4.50. The monoisotopic (exact) mass is 447 g/mol. The van der Waals surface area contributed by atoms with Crippen molar-refractivity contribution in [3.63, 3.8) is 0 Å². The van der Waals surface area contributed by atoms with Crippen LogP contribution in [0.4, 0.5) is 22.1 Å². The van der Waals surface area contributed by atoms with Crippen LogP contribution in [-0.2, 0) is 12.8 Å². The molecule has 0 radical (unpaired) electrons. The Bertz CT molecular complexity index is 1080. The van der Waals surface area contributed by atoms with Crippen molar-refractivity contribution in [1.29, 1.82) is 0 Å². The number of nitrogens with zero attached hydrogens (tertiary/aromatic N) is 4. The van der Waals surface area contributed by atoms with Gasteiger partial charge in [0.1, 0.15) is 11.6 Å². The molecule has 174 valence electrons. The Morgan fingerprint density at radius 1 is 1.18 bits per heavy atom. The quantitative estimate of drug-likeness (QED) is 0.447. The highest BCUT2D eigenvalue weighted by Crippen LogP contribution is 2.37. The molecule has 4 rings (SSSR count). The fraction of sp³-hybridized carbons (Fsp3) is 0.440. The average molecular weight is 448 g/mol. The van der Waals surface area contributed by atoms with Gasteiger partial charge in [0.25, 0.3) is 0 Å². The van der Waals surface area contributed by atoms with Gasteiger partial charge in [0.05, 0.1) is 11.9 Å². The highest BCUT2D eigenvalue weighted by Gasteiger charge is 2.37. The second-order valence-electron chi connectivity index (χ2n) is 8.94. The second-order valence-corrected chi connectivity index (χ2v) is 8.94. The van der Waals surface area contributed by atoms with Crippen molar-refractivity contribution in [2.24, 2.45) is 5.41 Å². The Labute approximate surface area is 195 Å². The lowest BCUT2D eigenvalue weighted by atomic mass is 9.82. The fourth-order valence-electron chi connectivity index (χ4n) is 4.48. The Morgan fingerprint density at radius 3 is 2.76 bits per heavy atom. The van der Waals surface area contributed by atoms with Crippen molar-refractivity contribution in [3.8, 4) is 0 Å². The minimum atomic E-state index is 0.000562. The molecule has 3 heterocycles. The number of nitrogens with one attached hydrogen (secondary N) is 3. The number of anilines is 3. The molecule has 0 unspecified atom stereocenters. The summed E-state index contributed by atoms with van der Waals surface area (Å²) in [4.78, 5) is 23.1. The zero-order valence-electron chi connectivity index (χ0n) is 19.7. The Kier molecular flexibility index (Phi) is 6.91. The predicted octanol–water partition coefficient (Wildman–Crippen LogP) is 5.08. The Balaban J connectivity index is 1.35. The molecular weight excluding hydrogens is 414 g/mol. The second kappa shape index (κ2) is 10.0. The highest BCUT2D eigenvalue weighted by atomic mass is 16.2. The minimum absolute atomic E-state index is 0.000562. The van der Waals surface area contributed by atoms with Gasteiger partial charge >= 0.3 is 6.03 Å². The highest BCUT2D eigenvalue weighted by molar-refractivity contribution is 5.89. The number of H-pyrrole nitrogens is 1. The van der Waals surface area contributed by atoms with Crippen LogP contribution < -0.4 is 10.6 Å². The van der Waals surface area contributed by atoms with Gasteiger partial charge in [0.15, 0.2) is 0 Å². The van der Waals surface area contributed by atoms with Gasteiger partial charge in [0.2, 0.25) is 0 Å². The number of amides is 2. The van der Waals surface area contributed by atoms with E-state index in [1.807, 2.05) is 17.0 Å². The lowest BCUT2D eigenvalue weighted by Gasteiger charge is -2.26. The van der Waals surface area contributed by atoms with Gasteiger partial charge in [-0.05, 0) is 67.7 Å². The first kappa shape index (κ1) is 22.8. The summed E-state index contributed by atoms with van der Waals surface area (Å²) in [7, 11) is 0. The summed E-state index contributed by atoms with van der Waals surface area (Å²) in [6.45, 7) is 8.23. The van der Waals surface area contributed by atoms with Crippen LogP contribution in [0, 0.1) is 12.3 Å². The third-order valence-corrected chi connectivity index (χ3v) is 6.93. The first-order chi connectivity index (χ1) is 16.0. The van der Waals surface area contributed by atoms with Gasteiger partial charge in [-0.15, -0.1) is 0 Å². The first-order valence-corrected chi connectivity index (χ1v) is 11.7. The van der Waals surface area contributed by atoms with Crippen molar-refractivity contribution < 1.29 is 4.79 Å². The number of likely N-dealkylation sites (tertiary alicyclic amines) is 1. The summed E-state index contributed by atoms with van der Waals surface area (Å²) in [5.74, 6) is 1.45. The molecule has 0 saturated carbocycles. The number of rotatable bonds is 8. The van der Waals surface area contributed by atoms with E-state index in [1.165, 1.54) is 11.1 Å². The molecule has 0 spiro atoms. The van der Waals surface area contributed by atoms with Crippen LogP contribution in [0.25, 0.3) is 0 Å². The molecule has 1 aromatic carbocycles. The van der Waals surface area contributed by atoms with E-state index in [4.69, 9.17) is 0 Å². The maximum absolute atomic E-state index is 12.8. The van der Waals surface area contributed by atoms with Crippen LogP contribution in [0.2, 0.25) is 0 Å². The average Bonchev–Trinajstić information content (AvgIpc) is 3.48. The Hall–Kier alpha value is -3.42. The number of carbonyl (C=O) groups excluding carboxylic acids is 1. The third-order valence-electron chi connectivity index (χ3n) is 6.93. The van der Waals surface area contributed by atoms with E-state index < -0.39 is 0 Å². The number of hydrogen-bond acceptors (Lipinski definition) is 5. The van der Waals surface area contributed by atoms with Crippen LogP contribution >= 0.6 is 0 Å². The van der Waals surface area contributed by atoms with E-state index in [1.54, 1.807) is 18.6 Å². The zero-order valence-corrected chi connectivity index (χ0v) is 19.7. The summed E-state index contributed by atoms with van der Waals surface area (Å²) < 4.78 is 0. The number of hydrogen-bond donors (Lipinski definition) is 3. The molecule has 2 amide bonds. The van der Waals surface area contributed by atoms with Crippen LogP contribution in [-0.4, -0.2) is 44.2 Å². The molecule has 1 fully saturated rings. The maximum Gasteiger partial charge on any atom is 0.321 e. The van der Waals surface area contributed by atoms with Crippen molar-refractivity contribution in [3.05, 3.63) is 59.7 Å². The van der Waals surface area contributed by atoms with Crippen LogP contribution in [0.3, 0.4) is 0 Å². The molecule has 3 N–H and O–H groups in total. The van der Waals surface area contributed by atoms with E-state index in [0.29, 0.717) is 5.82 Å². The van der Waals surface area contributed by atoms with Crippen molar-refractivity contribution in [1.82, 2.24) is 25.1 Å². The SMILES string of the molecule is CCC1(CC)CCN(C(=O)Nc2ccc(C)c(CCc3cc(Nc4cnccn4)[nH]n3)c2)C1. The minimum Gasteiger partial charge on any atom is -0.324 e. The molecule has 0 atom stereocenters. The molecule has 1 aliphatic rings. The number of benzene rings is 1. The molecule has 3 aromatic rings. The van der Waals surface area contributed by atoms with Gasteiger partial charge in [-0.1, -0.05) is 19.9 Å². The van der Waals surface area contributed by atoms with E-state index in [9.17, 15) is 4.79 Å². The normalized spacial score (nSPS) is 14.9. The number of urea groups is 1. The van der Waals surface area contributed by atoms with E-state index in [0.717, 1.165) is 62.4 Å². The summed E-state index contributed by atoms with van der Waals surface area (Å²) in [5, 5.41) is 13.7. The molecule has 8 nitrogen and oxygen atoms in total. The maximum atomic E-state index is 12.8. The molecule has 2 aromatic heterocycles.